The lowest BCUT2D eigenvalue weighted by molar-refractivity contribution is 0.424. The maximum atomic E-state index is 9.28. The first kappa shape index (κ1) is 24.2. The highest BCUT2D eigenvalue weighted by molar-refractivity contribution is 6.58. The average molecular weight is 487 g/mol. The van der Waals surface area contributed by atoms with E-state index in [1.54, 1.807) is 53.2 Å². The molecule has 1 aromatic heterocycles. The molecule has 0 fully saturated rings. The fourth-order valence-corrected chi connectivity index (χ4v) is 3.79. The van der Waals surface area contributed by atoms with Gasteiger partial charge in [0.2, 0.25) is 0 Å². The standard InChI is InChI=1S/C27H21B2N4O4/c34-28(35)23-11-7-19(8-12-23)17-30-25-5-1-3-21(15-25)22-4-2-6-26(16-22)33-18-27(31-32-33)20-9-13-24(14-10-20)29(36)37/h1-16,18,34-37H/q+1. The van der Waals surface area contributed by atoms with E-state index in [1.807, 2.05) is 54.7 Å². The predicted molar refractivity (Wildman–Crippen MR) is 144 cm³/mol. The molecule has 4 aromatic carbocycles. The second-order valence-electron chi connectivity index (χ2n) is 8.36. The van der Waals surface area contributed by atoms with Crippen LogP contribution >= 0.6 is 0 Å². The lowest BCUT2D eigenvalue weighted by Gasteiger charge is -2.04. The fraction of sp³-hybridized carbons (Fsp3) is 0. The summed E-state index contributed by atoms with van der Waals surface area (Å²) in [6, 6.07) is 32.2. The highest BCUT2D eigenvalue weighted by Crippen LogP contribution is 2.26. The van der Waals surface area contributed by atoms with Crippen LogP contribution in [0.25, 0.3) is 32.9 Å². The molecule has 0 saturated carbocycles. The van der Waals surface area contributed by atoms with Gasteiger partial charge < -0.3 is 20.1 Å². The number of rotatable bonds is 5. The Labute approximate surface area is 213 Å². The molecule has 0 radical (unpaired) electrons. The zero-order valence-electron chi connectivity index (χ0n) is 19.5. The lowest BCUT2D eigenvalue weighted by atomic mass is 9.80. The molecular formula is C27H21B2N4O4+. The molecule has 0 aliphatic rings. The number of hydrogen-bond donors (Lipinski definition) is 4. The molecule has 0 aliphatic heterocycles. The van der Waals surface area contributed by atoms with Crippen molar-refractivity contribution in [2.45, 2.75) is 0 Å². The summed E-state index contributed by atoms with van der Waals surface area (Å²) in [6.07, 6.45) is 1.82. The van der Waals surface area contributed by atoms with E-state index < -0.39 is 14.2 Å². The molecule has 5 aromatic rings. The van der Waals surface area contributed by atoms with Crippen LogP contribution in [0.3, 0.4) is 0 Å². The highest BCUT2D eigenvalue weighted by Gasteiger charge is 2.13. The van der Waals surface area contributed by atoms with Crippen LogP contribution in [0.1, 0.15) is 5.56 Å². The minimum atomic E-state index is -1.51. The number of nitrogens with zero attached hydrogens (tertiary/aromatic N) is 4. The minimum absolute atomic E-state index is 0.409. The molecular weight excluding hydrogens is 466 g/mol. The first-order valence-corrected chi connectivity index (χ1v) is 11.5. The lowest BCUT2D eigenvalue weighted by Crippen LogP contribution is -2.29. The number of aromatic nitrogens is 3. The van der Waals surface area contributed by atoms with Crippen molar-refractivity contribution in [1.82, 2.24) is 15.0 Å². The van der Waals surface area contributed by atoms with E-state index in [0.717, 1.165) is 33.6 Å². The van der Waals surface area contributed by atoms with Crippen LogP contribution in [0, 0.1) is 6.07 Å². The Bertz CT molecular complexity index is 1590. The van der Waals surface area contributed by atoms with Crippen molar-refractivity contribution in [2.24, 2.45) is 0 Å². The van der Waals surface area contributed by atoms with E-state index >= 15 is 0 Å². The second kappa shape index (κ2) is 10.6. The molecule has 10 heteroatoms. The minimum Gasteiger partial charge on any atom is -0.423 e. The molecule has 5 rings (SSSR count). The maximum absolute atomic E-state index is 9.28. The van der Waals surface area contributed by atoms with E-state index in [4.69, 9.17) is 0 Å². The summed E-state index contributed by atoms with van der Waals surface area (Å²) in [5.74, 6) is 0. The van der Waals surface area contributed by atoms with Gasteiger partial charge in [-0.05, 0) is 51.2 Å². The quantitative estimate of drug-likeness (QED) is 0.282. The third-order valence-corrected chi connectivity index (χ3v) is 5.81. The van der Waals surface area contributed by atoms with Crippen LogP contribution in [-0.4, -0.2) is 49.3 Å². The Balaban J connectivity index is 1.37. The van der Waals surface area contributed by atoms with Gasteiger partial charge >= 0.3 is 26.0 Å². The molecule has 0 bridgehead atoms. The molecule has 4 N–H and O–H groups in total. The number of hydrogen-bond acceptors (Lipinski definition) is 6. The van der Waals surface area contributed by atoms with Gasteiger partial charge in [-0.2, -0.15) is 0 Å². The molecule has 0 atom stereocenters. The van der Waals surface area contributed by atoms with Gasteiger partial charge in [-0.15, -0.1) is 5.10 Å². The largest absolute Gasteiger partial charge is 0.488 e. The van der Waals surface area contributed by atoms with Crippen LogP contribution in [0.4, 0.5) is 5.69 Å². The van der Waals surface area contributed by atoms with Crippen molar-refractivity contribution in [3.05, 3.63) is 114 Å². The Kier molecular flexibility index (Phi) is 6.94. The van der Waals surface area contributed by atoms with Gasteiger partial charge in [0.25, 0.3) is 0 Å². The van der Waals surface area contributed by atoms with Gasteiger partial charge in [0.1, 0.15) is 11.3 Å². The van der Waals surface area contributed by atoms with Gasteiger partial charge in [-0.25, -0.2) is 4.68 Å². The highest BCUT2D eigenvalue weighted by atomic mass is 16.4. The van der Waals surface area contributed by atoms with Crippen molar-refractivity contribution >= 4 is 30.8 Å². The third-order valence-electron chi connectivity index (χ3n) is 5.81. The smallest absolute Gasteiger partial charge is 0.423 e. The first-order chi connectivity index (χ1) is 18.0. The fourth-order valence-electron chi connectivity index (χ4n) is 3.79. The van der Waals surface area contributed by atoms with E-state index in [9.17, 15) is 20.1 Å². The Morgan fingerprint density at radius 2 is 1.30 bits per heavy atom. The van der Waals surface area contributed by atoms with Gasteiger partial charge in [-0.3, -0.25) is 0 Å². The van der Waals surface area contributed by atoms with Crippen LogP contribution in [-0.2, 0) is 0 Å². The van der Waals surface area contributed by atoms with E-state index in [-0.39, 0.29) is 0 Å². The maximum Gasteiger partial charge on any atom is 0.488 e. The second-order valence-corrected chi connectivity index (χ2v) is 8.36. The molecule has 0 amide bonds. The zero-order chi connectivity index (χ0) is 25.8. The molecule has 0 saturated heterocycles. The predicted octanol–water partition coefficient (Wildman–Crippen LogP) is 1.97. The van der Waals surface area contributed by atoms with Crippen LogP contribution < -0.4 is 10.9 Å². The third kappa shape index (κ3) is 5.67. The van der Waals surface area contributed by atoms with Crippen LogP contribution in [0.5, 0.6) is 0 Å². The van der Waals surface area contributed by atoms with Crippen molar-refractivity contribution < 1.29 is 20.1 Å². The molecule has 37 heavy (non-hydrogen) atoms. The Hall–Kier alpha value is -4.52. The summed E-state index contributed by atoms with van der Waals surface area (Å²) < 4.78 is 1.69. The summed E-state index contributed by atoms with van der Waals surface area (Å²) in [4.78, 5) is 4.44. The topological polar surface area (TPSA) is 116 Å². The molecule has 178 valence electrons. The van der Waals surface area contributed by atoms with Gasteiger partial charge in [0.05, 0.1) is 11.9 Å². The van der Waals surface area contributed by atoms with Crippen molar-refractivity contribution in [2.75, 3.05) is 0 Å². The van der Waals surface area contributed by atoms with Crippen molar-refractivity contribution in [3.8, 4) is 34.1 Å². The van der Waals surface area contributed by atoms with Gasteiger partial charge in [-0.1, -0.05) is 65.9 Å². The Morgan fingerprint density at radius 1 is 0.676 bits per heavy atom. The summed E-state index contributed by atoms with van der Waals surface area (Å²) in [5, 5.41) is 45.5. The SMILES string of the molecule is OB(O)c1ccc(C#[N+]c2cccc(-c3cccc(-n4cc(-c5ccc(B(O)O)cc5)nn4)c3)c2)cc1. The van der Waals surface area contributed by atoms with Crippen LogP contribution in [0.2, 0.25) is 0 Å². The normalized spacial score (nSPS) is 10.5. The molecule has 0 unspecified atom stereocenters. The number of benzene rings is 4. The van der Waals surface area contributed by atoms with E-state index in [2.05, 4.69) is 21.2 Å². The van der Waals surface area contributed by atoms with Crippen LogP contribution in [0.15, 0.2) is 103 Å². The van der Waals surface area contributed by atoms with Crippen molar-refractivity contribution in [3.63, 3.8) is 0 Å². The molecule has 0 aliphatic carbocycles. The molecule has 0 spiro atoms. The van der Waals surface area contributed by atoms with Gasteiger partial charge in [0.15, 0.2) is 0 Å². The van der Waals surface area contributed by atoms with E-state index in [0.29, 0.717) is 16.6 Å². The summed E-state index contributed by atoms with van der Waals surface area (Å²) >= 11 is 0. The van der Waals surface area contributed by atoms with Crippen molar-refractivity contribution in [1.29, 1.82) is 0 Å². The first-order valence-electron chi connectivity index (χ1n) is 11.5. The molecule has 8 nitrogen and oxygen atoms in total. The summed E-state index contributed by atoms with van der Waals surface area (Å²) in [5.41, 5.74) is 6.55. The Morgan fingerprint density at radius 3 is 1.97 bits per heavy atom. The molecule has 1 heterocycles. The monoisotopic (exact) mass is 487 g/mol. The van der Waals surface area contributed by atoms with E-state index in [1.165, 1.54) is 0 Å². The van der Waals surface area contributed by atoms with Gasteiger partial charge in [0, 0.05) is 17.7 Å². The summed E-state index contributed by atoms with van der Waals surface area (Å²) in [6.45, 7) is 0. The average Bonchev–Trinajstić information content (AvgIpc) is 3.43. The zero-order valence-corrected chi connectivity index (χ0v) is 19.5. The summed E-state index contributed by atoms with van der Waals surface area (Å²) in [7, 11) is -3.01.